The number of nitrogens with one attached hydrogen (secondary N) is 1. The molecular weight excluding hydrogens is 487 g/mol. The van der Waals surface area contributed by atoms with Gasteiger partial charge in [-0.2, -0.15) is 13.2 Å². The third-order valence-corrected chi connectivity index (χ3v) is 9.03. The predicted molar refractivity (Wildman–Crippen MR) is 146 cm³/mol. The molecule has 3 aliphatic rings. The summed E-state index contributed by atoms with van der Waals surface area (Å²) in [5.74, 6) is 1.16. The maximum absolute atomic E-state index is 13.5. The Bertz CT molecular complexity index is 1070. The topological polar surface area (TPSA) is 35.6 Å². The van der Waals surface area contributed by atoms with E-state index in [2.05, 4.69) is 36.5 Å². The monoisotopic (exact) mass is 527 g/mol. The smallest absolute Gasteiger partial charge is 0.385 e. The molecule has 4 nitrogen and oxygen atoms in total. The number of hydrogen-bond donors (Lipinski definition) is 1. The van der Waals surface area contributed by atoms with Crippen LogP contribution in [0.3, 0.4) is 0 Å². The molecule has 5 rings (SSSR count). The van der Waals surface area contributed by atoms with Crippen molar-refractivity contribution in [3.05, 3.63) is 54.1 Å². The highest BCUT2D eigenvalue weighted by atomic mass is 19.4. The van der Waals surface area contributed by atoms with Gasteiger partial charge < -0.3 is 15.1 Å². The van der Waals surface area contributed by atoms with Crippen molar-refractivity contribution < 1.29 is 18.0 Å². The van der Waals surface area contributed by atoms with Gasteiger partial charge in [0.1, 0.15) is 0 Å². The molecule has 1 saturated carbocycles. The standard InChI is InChI=1S/C31H40F3N3O/c1-23-4-2-17-37(21-23)29(38)27-7-5-25(6-8-27)26-9-11-28(12-10-26)35-20-24-13-18-36(19-14-24)22-30(15-3-16-30)31(32,33)34/h5-12,23-24,35H,2-4,13-22H2,1H3. The Hall–Kier alpha value is -2.54. The molecule has 1 N–H and O–H groups in total. The van der Waals surface area contributed by atoms with Crippen LogP contribution < -0.4 is 5.32 Å². The Morgan fingerprint density at radius 3 is 2.11 bits per heavy atom. The summed E-state index contributed by atoms with van der Waals surface area (Å²) >= 11 is 0. The van der Waals surface area contributed by atoms with E-state index < -0.39 is 11.6 Å². The van der Waals surface area contributed by atoms with E-state index in [1.165, 1.54) is 6.42 Å². The Labute approximate surface area is 224 Å². The molecule has 1 aliphatic carbocycles. The number of carbonyl (C=O) groups excluding carboxylic acids is 1. The third kappa shape index (κ3) is 6.03. The number of alkyl halides is 3. The van der Waals surface area contributed by atoms with Crippen LogP contribution in [0.2, 0.25) is 0 Å². The van der Waals surface area contributed by atoms with Gasteiger partial charge in [-0.15, -0.1) is 0 Å². The fourth-order valence-corrected chi connectivity index (χ4v) is 6.32. The first kappa shape index (κ1) is 27.0. The van der Waals surface area contributed by atoms with Crippen LogP contribution in [0.1, 0.15) is 62.2 Å². The normalized spacial score (nSPS) is 22.6. The van der Waals surface area contributed by atoms with Crippen molar-refractivity contribution in [3.63, 3.8) is 0 Å². The SMILES string of the molecule is CC1CCCN(C(=O)c2ccc(-c3ccc(NCC4CCN(CC5(C(F)(F)F)CCC5)CC4)cc3)cc2)C1. The van der Waals surface area contributed by atoms with Crippen molar-refractivity contribution in [2.24, 2.45) is 17.3 Å². The summed E-state index contributed by atoms with van der Waals surface area (Å²) in [6.45, 7) is 6.39. The minimum atomic E-state index is -4.08. The van der Waals surface area contributed by atoms with Crippen molar-refractivity contribution >= 4 is 11.6 Å². The zero-order chi connectivity index (χ0) is 26.8. The molecule has 0 bridgehead atoms. The van der Waals surface area contributed by atoms with E-state index in [4.69, 9.17) is 0 Å². The predicted octanol–water partition coefficient (Wildman–Crippen LogP) is 7.08. The number of rotatable bonds is 7. The van der Waals surface area contributed by atoms with E-state index in [-0.39, 0.29) is 25.3 Å². The Kier molecular flexibility index (Phi) is 8.03. The van der Waals surface area contributed by atoms with Gasteiger partial charge in [-0.25, -0.2) is 0 Å². The maximum Gasteiger partial charge on any atom is 0.395 e. The summed E-state index contributed by atoms with van der Waals surface area (Å²) in [7, 11) is 0. The lowest BCUT2D eigenvalue weighted by molar-refractivity contribution is -0.256. The first-order valence-corrected chi connectivity index (χ1v) is 14.3. The third-order valence-electron chi connectivity index (χ3n) is 9.03. The number of amides is 1. The van der Waals surface area contributed by atoms with Gasteiger partial charge >= 0.3 is 6.18 Å². The highest BCUT2D eigenvalue weighted by molar-refractivity contribution is 5.94. The first-order chi connectivity index (χ1) is 18.2. The van der Waals surface area contributed by atoms with Gasteiger partial charge in [-0.1, -0.05) is 37.6 Å². The fraction of sp³-hybridized carbons (Fsp3) is 0.581. The van der Waals surface area contributed by atoms with Gasteiger partial charge in [0.15, 0.2) is 0 Å². The molecule has 0 radical (unpaired) electrons. The summed E-state index contributed by atoms with van der Waals surface area (Å²) in [5.41, 5.74) is 2.52. The molecular formula is C31H40F3N3O. The second-order valence-electron chi connectivity index (χ2n) is 11.9. The molecule has 206 valence electrons. The van der Waals surface area contributed by atoms with Crippen molar-refractivity contribution in [2.75, 3.05) is 44.6 Å². The molecule has 1 atom stereocenters. The van der Waals surface area contributed by atoms with Crippen molar-refractivity contribution in [2.45, 2.75) is 58.0 Å². The number of benzene rings is 2. The zero-order valence-electron chi connectivity index (χ0n) is 22.4. The number of piperidine rings is 2. The van der Waals surface area contributed by atoms with E-state index in [1.54, 1.807) is 0 Å². The molecule has 2 aromatic rings. The van der Waals surface area contributed by atoms with Crippen molar-refractivity contribution in [3.8, 4) is 11.1 Å². The van der Waals surface area contributed by atoms with Crippen LogP contribution >= 0.6 is 0 Å². The second-order valence-corrected chi connectivity index (χ2v) is 11.9. The van der Waals surface area contributed by atoms with Crippen molar-refractivity contribution in [1.82, 2.24) is 9.80 Å². The van der Waals surface area contributed by atoms with Gasteiger partial charge in [0, 0.05) is 37.4 Å². The summed E-state index contributed by atoms with van der Waals surface area (Å²) in [5, 5.41) is 3.52. The maximum atomic E-state index is 13.5. The van der Waals surface area contributed by atoms with Gasteiger partial charge in [-0.05, 0) is 98.8 Å². The van der Waals surface area contributed by atoms with E-state index in [9.17, 15) is 18.0 Å². The molecule has 2 aromatic carbocycles. The highest BCUT2D eigenvalue weighted by Gasteiger charge is 2.58. The minimum absolute atomic E-state index is 0.122. The van der Waals surface area contributed by atoms with E-state index in [0.29, 0.717) is 18.3 Å². The second kappa shape index (κ2) is 11.3. The molecule has 2 saturated heterocycles. The van der Waals surface area contributed by atoms with E-state index >= 15 is 0 Å². The van der Waals surface area contributed by atoms with Gasteiger partial charge in [0.05, 0.1) is 5.41 Å². The summed E-state index contributed by atoms with van der Waals surface area (Å²) in [4.78, 5) is 16.8. The molecule has 1 unspecified atom stereocenters. The summed E-state index contributed by atoms with van der Waals surface area (Å²) < 4.78 is 40.5. The number of nitrogens with zero attached hydrogens (tertiary/aromatic N) is 2. The molecule has 2 heterocycles. The summed E-state index contributed by atoms with van der Waals surface area (Å²) in [6.07, 6.45) is 1.32. The Morgan fingerprint density at radius 2 is 1.55 bits per heavy atom. The van der Waals surface area contributed by atoms with Crippen LogP contribution in [0.25, 0.3) is 11.1 Å². The molecule has 38 heavy (non-hydrogen) atoms. The summed E-state index contributed by atoms with van der Waals surface area (Å²) in [6, 6.07) is 16.2. The molecule has 0 spiro atoms. The zero-order valence-corrected chi connectivity index (χ0v) is 22.4. The van der Waals surface area contributed by atoms with Crippen LogP contribution in [0.15, 0.2) is 48.5 Å². The van der Waals surface area contributed by atoms with Crippen molar-refractivity contribution in [1.29, 1.82) is 0 Å². The lowest BCUT2D eigenvalue weighted by atomic mass is 9.67. The fourth-order valence-electron chi connectivity index (χ4n) is 6.32. The van der Waals surface area contributed by atoms with E-state index in [0.717, 1.165) is 74.4 Å². The van der Waals surface area contributed by atoms with Crippen LogP contribution in [-0.2, 0) is 0 Å². The number of halogens is 3. The van der Waals surface area contributed by atoms with Crippen LogP contribution in [0, 0.1) is 17.3 Å². The number of hydrogen-bond acceptors (Lipinski definition) is 3. The van der Waals surface area contributed by atoms with E-state index in [1.807, 2.05) is 34.1 Å². The van der Waals surface area contributed by atoms with Crippen LogP contribution in [-0.4, -0.2) is 61.2 Å². The largest absolute Gasteiger partial charge is 0.395 e. The van der Waals surface area contributed by atoms with Crippen LogP contribution in [0.5, 0.6) is 0 Å². The molecule has 3 fully saturated rings. The molecule has 2 aliphatic heterocycles. The lowest BCUT2D eigenvalue weighted by Crippen LogP contribution is -2.53. The average molecular weight is 528 g/mol. The Balaban J connectivity index is 1.08. The average Bonchev–Trinajstić information content (AvgIpc) is 2.89. The first-order valence-electron chi connectivity index (χ1n) is 14.3. The van der Waals surface area contributed by atoms with Crippen LogP contribution in [0.4, 0.5) is 18.9 Å². The van der Waals surface area contributed by atoms with Gasteiger partial charge in [-0.3, -0.25) is 4.79 Å². The lowest BCUT2D eigenvalue weighted by Gasteiger charge is -2.47. The minimum Gasteiger partial charge on any atom is -0.385 e. The number of anilines is 1. The van der Waals surface area contributed by atoms with Gasteiger partial charge in [0.2, 0.25) is 0 Å². The number of likely N-dealkylation sites (tertiary alicyclic amines) is 2. The number of carbonyl (C=O) groups is 1. The molecule has 7 heteroatoms. The highest BCUT2D eigenvalue weighted by Crippen LogP contribution is 2.53. The molecule has 0 aromatic heterocycles. The Morgan fingerprint density at radius 1 is 0.921 bits per heavy atom. The molecule has 1 amide bonds. The van der Waals surface area contributed by atoms with Gasteiger partial charge in [0.25, 0.3) is 5.91 Å². The quantitative estimate of drug-likeness (QED) is 0.418.